The molecule has 1 aromatic carbocycles. The molecule has 0 saturated carbocycles. The number of methoxy groups -OCH3 is 1. The van der Waals surface area contributed by atoms with E-state index in [-0.39, 0.29) is 0 Å². The molecule has 0 unspecified atom stereocenters. The molecule has 0 radical (unpaired) electrons. The first kappa shape index (κ1) is 14.8. The third-order valence-electron chi connectivity index (χ3n) is 3.23. The lowest BCUT2D eigenvalue weighted by atomic mass is 9.99. The van der Waals surface area contributed by atoms with Crippen LogP contribution in [0.2, 0.25) is 5.02 Å². The van der Waals surface area contributed by atoms with Gasteiger partial charge < -0.3 is 10.1 Å². The van der Waals surface area contributed by atoms with E-state index in [1.165, 1.54) is 0 Å². The highest BCUT2D eigenvalue weighted by Gasteiger charge is 2.12. The zero-order chi connectivity index (χ0) is 15.5. The molecule has 0 aliphatic carbocycles. The minimum Gasteiger partial charge on any atom is -0.481 e. The summed E-state index contributed by atoms with van der Waals surface area (Å²) >= 11 is 7.73. The molecule has 0 amide bonds. The molecule has 0 spiro atoms. The predicted molar refractivity (Wildman–Crippen MR) is 91.9 cm³/mol. The number of nitrogens with one attached hydrogen (secondary N) is 1. The molecule has 0 fully saturated rings. The highest BCUT2D eigenvalue weighted by atomic mass is 35.5. The van der Waals surface area contributed by atoms with Crippen molar-refractivity contribution in [1.29, 1.82) is 0 Å². The van der Waals surface area contributed by atoms with E-state index < -0.39 is 0 Å². The molecule has 6 heteroatoms. The number of hydrogen-bond donors (Lipinski definition) is 1. The van der Waals surface area contributed by atoms with Gasteiger partial charge in [0.25, 0.3) is 0 Å². The summed E-state index contributed by atoms with van der Waals surface area (Å²) in [6, 6.07) is 9.60. The van der Waals surface area contributed by atoms with Crippen LogP contribution in [0.15, 0.2) is 41.9 Å². The molecule has 112 valence electrons. The molecule has 3 aromatic rings. The summed E-state index contributed by atoms with van der Waals surface area (Å²) in [5.74, 6) is 0.588. The molecule has 0 aliphatic rings. The molecule has 0 bridgehead atoms. The average molecular weight is 332 g/mol. The lowest BCUT2D eigenvalue weighted by Crippen LogP contribution is -1.90. The van der Waals surface area contributed by atoms with Crippen molar-refractivity contribution in [1.82, 2.24) is 9.97 Å². The maximum atomic E-state index is 6.17. The number of nitrogens with zero attached hydrogens (tertiary/aromatic N) is 2. The molecule has 0 atom stereocenters. The van der Waals surface area contributed by atoms with Crippen molar-refractivity contribution in [2.75, 3.05) is 19.5 Å². The number of rotatable bonds is 4. The Hall–Kier alpha value is -2.11. The zero-order valence-electron chi connectivity index (χ0n) is 12.1. The van der Waals surface area contributed by atoms with E-state index in [1.54, 1.807) is 24.6 Å². The summed E-state index contributed by atoms with van der Waals surface area (Å²) in [6.07, 6.45) is 1.79. The van der Waals surface area contributed by atoms with Crippen molar-refractivity contribution in [3.05, 3.63) is 46.9 Å². The molecule has 2 aromatic heterocycles. The third kappa shape index (κ3) is 2.91. The molecule has 0 saturated heterocycles. The fourth-order valence-electron chi connectivity index (χ4n) is 2.15. The van der Waals surface area contributed by atoms with E-state index in [0.717, 1.165) is 27.5 Å². The molecule has 2 heterocycles. The number of ether oxygens (including phenoxy) is 1. The van der Waals surface area contributed by atoms with Crippen LogP contribution in [0.4, 0.5) is 5.13 Å². The summed E-state index contributed by atoms with van der Waals surface area (Å²) in [5, 5.41) is 6.61. The second-order valence-corrected chi connectivity index (χ2v) is 5.86. The standard InChI is InChI=1S/C16H14ClN3OS/c1-18-16-20-14(9-22-16)13-7-11(17)4-5-12(13)10-3-6-15(21-2)19-8-10/h3-9H,1-2H3,(H,18,20). The quantitative estimate of drug-likeness (QED) is 0.760. The average Bonchev–Trinajstić information content (AvgIpc) is 3.04. The molecule has 22 heavy (non-hydrogen) atoms. The second kappa shape index (κ2) is 6.34. The first-order valence-corrected chi connectivity index (χ1v) is 7.90. The Morgan fingerprint density at radius 2 is 2.05 bits per heavy atom. The number of thiazole rings is 1. The van der Waals surface area contributed by atoms with Crippen LogP contribution < -0.4 is 10.1 Å². The molecule has 1 N–H and O–H groups in total. The van der Waals surface area contributed by atoms with Crippen molar-refractivity contribution < 1.29 is 4.74 Å². The van der Waals surface area contributed by atoms with E-state index in [2.05, 4.69) is 15.3 Å². The molecule has 0 aliphatic heterocycles. The summed E-state index contributed by atoms with van der Waals surface area (Å²) in [6.45, 7) is 0. The van der Waals surface area contributed by atoms with E-state index in [1.807, 2.05) is 42.8 Å². The Bertz CT molecular complexity index is 786. The minimum absolute atomic E-state index is 0.588. The highest BCUT2D eigenvalue weighted by Crippen LogP contribution is 2.35. The van der Waals surface area contributed by atoms with Crippen LogP contribution in [0.25, 0.3) is 22.4 Å². The monoisotopic (exact) mass is 331 g/mol. The molecule has 4 nitrogen and oxygen atoms in total. The van der Waals surface area contributed by atoms with Gasteiger partial charge in [-0.2, -0.15) is 0 Å². The Balaban J connectivity index is 2.10. The smallest absolute Gasteiger partial charge is 0.212 e. The van der Waals surface area contributed by atoms with Gasteiger partial charge in [-0.3, -0.25) is 0 Å². The topological polar surface area (TPSA) is 47.0 Å². The van der Waals surface area contributed by atoms with Gasteiger partial charge in [-0.25, -0.2) is 9.97 Å². The van der Waals surface area contributed by atoms with Crippen LogP contribution in [0.3, 0.4) is 0 Å². The Kier molecular flexibility index (Phi) is 4.27. The first-order chi connectivity index (χ1) is 10.7. The minimum atomic E-state index is 0.588. The zero-order valence-corrected chi connectivity index (χ0v) is 13.7. The van der Waals surface area contributed by atoms with Crippen LogP contribution in [-0.4, -0.2) is 24.1 Å². The SMILES string of the molecule is CNc1nc(-c2cc(Cl)ccc2-c2ccc(OC)nc2)cs1. The first-order valence-electron chi connectivity index (χ1n) is 6.65. The lowest BCUT2D eigenvalue weighted by Gasteiger charge is -2.09. The van der Waals surface area contributed by atoms with E-state index in [0.29, 0.717) is 10.9 Å². The van der Waals surface area contributed by atoms with Gasteiger partial charge in [0.05, 0.1) is 12.8 Å². The third-order valence-corrected chi connectivity index (χ3v) is 4.33. The van der Waals surface area contributed by atoms with Crippen LogP contribution in [0.5, 0.6) is 5.88 Å². The number of aromatic nitrogens is 2. The van der Waals surface area contributed by atoms with Gasteiger partial charge in [0.2, 0.25) is 5.88 Å². The van der Waals surface area contributed by atoms with E-state index in [9.17, 15) is 0 Å². The fourth-order valence-corrected chi connectivity index (χ4v) is 3.00. The molecular weight excluding hydrogens is 318 g/mol. The Labute approximate surface area is 137 Å². The fraction of sp³-hybridized carbons (Fsp3) is 0.125. The summed E-state index contributed by atoms with van der Waals surface area (Å²) in [7, 11) is 3.46. The summed E-state index contributed by atoms with van der Waals surface area (Å²) in [5.41, 5.74) is 3.90. The van der Waals surface area contributed by atoms with Gasteiger partial charge in [-0.05, 0) is 23.8 Å². The van der Waals surface area contributed by atoms with Crippen molar-refractivity contribution in [2.24, 2.45) is 0 Å². The molecule has 3 rings (SSSR count). The maximum absolute atomic E-state index is 6.17. The van der Waals surface area contributed by atoms with Crippen LogP contribution >= 0.6 is 22.9 Å². The number of halogens is 1. The number of anilines is 1. The Morgan fingerprint density at radius 1 is 1.18 bits per heavy atom. The summed E-state index contributed by atoms with van der Waals surface area (Å²) < 4.78 is 5.11. The van der Waals surface area contributed by atoms with Crippen molar-refractivity contribution in [3.8, 4) is 28.3 Å². The Morgan fingerprint density at radius 3 is 2.68 bits per heavy atom. The second-order valence-electron chi connectivity index (χ2n) is 4.57. The van der Waals surface area contributed by atoms with Gasteiger partial charge in [0.1, 0.15) is 0 Å². The lowest BCUT2D eigenvalue weighted by molar-refractivity contribution is 0.398. The van der Waals surface area contributed by atoms with Gasteiger partial charge in [-0.15, -0.1) is 11.3 Å². The van der Waals surface area contributed by atoms with Gasteiger partial charge in [0, 0.05) is 40.8 Å². The maximum Gasteiger partial charge on any atom is 0.212 e. The van der Waals surface area contributed by atoms with Crippen LogP contribution in [0, 0.1) is 0 Å². The highest BCUT2D eigenvalue weighted by molar-refractivity contribution is 7.14. The predicted octanol–water partition coefficient (Wildman–Crippen LogP) is 4.58. The van der Waals surface area contributed by atoms with Gasteiger partial charge in [0.15, 0.2) is 5.13 Å². The van der Waals surface area contributed by atoms with E-state index >= 15 is 0 Å². The van der Waals surface area contributed by atoms with Gasteiger partial charge >= 0.3 is 0 Å². The van der Waals surface area contributed by atoms with Crippen molar-refractivity contribution >= 4 is 28.1 Å². The van der Waals surface area contributed by atoms with Crippen LogP contribution in [-0.2, 0) is 0 Å². The molecular formula is C16H14ClN3OS. The van der Waals surface area contributed by atoms with Crippen molar-refractivity contribution in [3.63, 3.8) is 0 Å². The van der Waals surface area contributed by atoms with Crippen molar-refractivity contribution in [2.45, 2.75) is 0 Å². The van der Waals surface area contributed by atoms with Crippen LogP contribution in [0.1, 0.15) is 0 Å². The number of benzene rings is 1. The van der Waals surface area contributed by atoms with Gasteiger partial charge in [-0.1, -0.05) is 17.7 Å². The normalized spacial score (nSPS) is 10.5. The summed E-state index contributed by atoms with van der Waals surface area (Å²) in [4.78, 5) is 8.83. The largest absolute Gasteiger partial charge is 0.481 e. The van der Waals surface area contributed by atoms with E-state index in [4.69, 9.17) is 16.3 Å². The number of pyridine rings is 1. The number of hydrogen-bond acceptors (Lipinski definition) is 5.